The van der Waals surface area contributed by atoms with Gasteiger partial charge >= 0.3 is 6.03 Å². The van der Waals surface area contributed by atoms with Crippen molar-refractivity contribution in [2.75, 3.05) is 37.0 Å². The van der Waals surface area contributed by atoms with Crippen LogP contribution in [0.15, 0.2) is 66.7 Å². The number of nitrogens with one attached hydrogen (secondary N) is 3. The number of hydrogen-bond donors (Lipinski definition) is 4. The highest BCUT2D eigenvalue weighted by Gasteiger charge is 2.17. The lowest BCUT2D eigenvalue weighted by molar-refractivity contribution is 0.102. The molecular weight excluding hydrogens is 452 g/mol. The van der Waals surface area contributed by atoms with Gasteiger partial charge in [0.2, 0.25) is 0 Å². The molecule has 0 fully saturated rings. The van der Waals surface area contributed by atoms with Crippen LogP contribution in [0.5, 0.6) is 0 Å². The van der Waals surface area contributed by atoms with Gasteiger partial charge < -0.3 is 26.6 Å². The fourth-order valence-corrected chi connectivity index (χ4v) is 3.51. The number of benzene rings is 3. The van der Waals surface area contributed by atoms with Crippen LogP contribution in [-0.4, -0.2) is 37.5 Å². The Balaban J connectivity index is 1.70. The van der Waals surface area contributed by atoms with E-state index in [1.165, 1.54) is 6.07 Å². The molecule has 3 aromatic carbocycles. The molecule has 9 heteroatoms. The van der Waals surface area contributed by atoms with E-state index in [1.54, 1.807) is 48.5 Å². The first kappa shape index (κ1) is 25.6. The van der Waals surface area contributed by atoms with Gasteiger partial charge in [-0.1, -0.05) is 24.3 Å². The Bertz CT molecular complexity index is 1170. The first-order valence-electron chi connectivity index (χ1n) is 11.2. The summed E-state index contributed by atoms with van der Waals surface area (Å²) in [4.78, 5) is 27.2. The molecule has 3 rings (SSSR count). The maximum atomic E-state index is 13.5. The average Bonchev–Trinajstić information content (AvgIpc) is 2.82. The van der Waals surface area contributed by atoms with E-state index in [9.17, 15) is 18.4 Å². The molecule has 0 aliphatic heterocycles. The number of carbonyl (C=O) groups excluding carboxylic acids is 2. The third-order valence-electron chi connectivity index (χ3n) is 5.37. The van der Waals surface area contributed by atoms with Gasteiger partial charge in [-0.05, 0) is 75.4 Å². The second-order valence-electron chi connectivity index (χ2n) is 8.39. The zero-order valence-corrected chi connectivity index (χ0v) is 19.6. The van der Waals surface area contributed by atoms with Crippen LogP contribution in [0.2, 0.25) is 0 Å². The standard InChI is InChI=1S/C26H29F2N5O2/c1-33(2)15-5-8-23(32-26(35)30-19-13-14-20(27)21(28)16-19)17-9-11-18(12-10-17)25(34)31-24-7-4-3-6-22(24)29/h3-4,6-7,9-14,16,23H,5,8,15,29H2,1-2H3,(H,31,34)(H2,30,32,35). The number of halogens is 2. The van der Waals surface area contributed by atoms with E-state index >= 15 is 0 Å². The largest absolute Gasteiger partial charge is 0.397 e. The number of rotatable bonds is 9. The van der Waals surface area contributed by atoms with Crippen LogP contribution in [-0.2, 0) is 0 Å². The van der Waals surface area contributed by atoms with Gasteiger partial charge in [0.05, 0.1) is 17.4 Å². The summed E-state index contributed by atoms with van der Waals surface area (Å²) in [6.45, 7) is 0.821. The quantitative estimate of drug-likeness (QED) is 0.323. The molecule has 0 aromatic heterocycles. The third-order valence-corrected chi connectivity index (χ3v) is 5.37. The van der Waals surface area contributed by atoms with Crippen LogP contribution >= 0.6 is 0 Å². The number of amides is 3. The summed E-state index contributed by atoms with van der Waals surface area (Å²) < 4.78 is 26.6. The van der Waals surface area contributed by atoms with Gasteiger partial charge in [-0.3, -0.25) is 4.79 Å². The first-order chi connectivity index (χ1) is 16.7. The molecule has 0 spiro atoms. The third kappa shape index (κ3) is 7.51. The SMILES string of the molecule is CN(C)CCCC(NC(=O)Nc1ccc(F)c(F)c1)c1ccc(C(=O)Nc2ccccc2N)cc1. The van der Waals surface area contributed by atoms with Crippen molar-refractivity contribution >= 4 is 29.0 Å². The van der Waals surface area contributed by atoms with Crippen LogP contribution in [0, 0.1) is 11.6 Å². The highest BCUT2D eigenvalue weighted by Crippen LogP contribution is 2.22. The Hall–Kier alpha value is -3.98. The fourth-order valence-electron chi connectivity index (χ4n) is 3.51. The van der Waals surface area contributed by atoms with Crippen molar-refractivity contribution in [1.29, 1.82) is 0 Å². The molecule has 7 nitrogen and oxygen atoms in total. The second kappa shape index (κ2) is 11.9. The number of hydrogen-bond acceptors (Lipinski definition) is 4. The summed E-state index contributed by atoms with van der Waals surface area (Å²) in [6, 6.07) is 16.1. The lowest BCUT2D eigenvalue weighted by Crippen LogP contribution is -2.33. The summed E-state index contributed by atoms with van der Waals surface area (Å²) in [5.74, 6) is -2.34. The van der Waals surface area contributed by atoms with Crippen LogP contribution in [0.4, 0.5) is 30.6 Å². The summed E-state index contributed by atoms with van der Waals surface area (Å²) in [6.07, 6.45) is 1.44. The molecule has 35 heavy (non-hydrogen) atoms. The predicted octanol–water partition coefficient (Wildman–Crippen LogP) is 5.00. The van der Waals surface area contributed by atoms with E-state index in [1.807, 2.05) is 19.0 Å². The minimum absolute atomic E-state index is 0.139. The molecule has 1 unspecified atom stereocenters. The normalized spacial score (nSPS) is 11.7. The van der Waals surface area contributed by atoms with Gasteiger partial charge in [-0.2, -0.15) is 0 Å². The molecule has 184 valence electrons. The number of urea groups is 1. The molecule has 0 aliphatic rings. The van der Waals surface area contributed by atoms with Crippen LogP contribution < -0.4 is 21.7 Å². The molecule has 5 N–H and O–H groups in total. The monoisotopic (exact) mass is 481 g/mol. The minimum Gasteiger partial charge on any atom is -0.397 e. The number of para-hydroxylation sites is 2. The lowest BCUT2D eigenvalue weighted by atomic mass is 10.00. The molecule has 0 aliphatic carbocycles. The molecule has 0 bridgehead atoms. The summed E-state index contributed by atoms with van der Waals surface area (Å²) >= 11 is 0. The Morgan fingerprint density at radius 1 is 0.943 bits per heavy atom. The number of nitrogen functional groups attached to an aromatic ring is 1. The summed E-state index contributed by atoms with van der Waals surface area (Å²) in [5, 5.41) is 8.20. The minimum atomic E-state index is -1.04. The summed E-state index contributed by atoms with van der Waals surface area (Å²) in [7, 11) is 3.93. The molecule has 0 heterocycles. The zero-order chi connectivity index (χ0) is 25.4. The van der Waals surface area contributed by atoms with Crippen LogP contribution in [0.3, 0.4) is 0 Å². The van der Waals surface area contributed by atoms with Gasteiger partial charge in [-0.25, -0.2) is 13.6 Å². The van der Waals surface area contributed by atoms with Gasteiger partial charge in [0.1, 0.15) is 0 Å². The molecule has 0 radical (unpaired) electrons. The Morgan fingerprint density at radius 2 is 1.66 bits per heavy atom. The lowest BCUT2D eigenvalue weighted by Gasteiger charge is -2.21. The van der Waals surface area contributed by atoms with Crippen molar-refractivity contribution in [3.8, 4) is 0 Å². The van der Waals surface area contributed by atoms with Crippen molar-refractivity contribution in [2.24, 2.45) is 0 Å². The second-order valence-corrected chi connectivity index (χ2v) is 8.39. The van der Waals surface area contributed by atoms with Gasteiger partial charge in [0.15, 0.2) is 11.6 Å². The summed E-state index contributed by atoms with van der Waals surface area (Å²) in [5.41, 5.74) is 8.27. The average molecular weight is 482 g/mol. The van der Waals surface area contributed by atoms with Crippen molar-refractivity contribution < 1.29 is 18.4 Å². The Labute approximate surface area is 203 Å². The molecule has 0 saturated heterocycles. The Morgan fingerprint density at radius 3 is 2.31 bits per heavy atom. The van der Waals surface area contributed by atoms with E-state index in [0.29, 0.717) is 23.4 Å². The van der Waals surface area contributed by atoms with Gasteiger partial charge in [0.25, 0.3) is 5.91 Å². The van der Waals surface area contributed by atoms with Crippen molar-refractivity contribution in [3.05, 3.63) is 89.5 Å². The molecular formula is C26H29F2N5O2. The highest BCUT2D eigenvalue weighted by atomic mass is 19.2. The topological polar surface area (TPSA) is 99.5 Å². The number of nitrogens with two attached hydrogens (primary N) is 1. The maximum Gasteiger partial charge on any atom is 0.319 e. The highest BCUT2D eigenvalue weighted by molar-refractivity contribution is 6.05. The van der Waals surface area contributed by atoms with E-state index in [4.69, 9.17) is 5.73 Å². The van der Waals surface area contributed by atoms with Crippen LogP contribution in [0.1, 0.15) is 34.8 Å². The van der Waals surface area contributed by atoms with Crippen molar-refractivity contribution in [1.82, 2.24) is 10.2 Å². The number of nitrogens with zero attached hydrogens (tertiary/aromatic N) is 1. The predicted molar refractivity (Wildman–Crippen MR) is 134 cm³/mol. The molecule has 1 atom stereocenters. The number of carbonyl (C=O) groups is 2. The first-order valence-corrected chi connectivity index (χ1v) is 11.2. The molecule has 3 amide bonds. The zero-order valence-electron chi connectivity index (χ0n) is 19.6. The maximum absolute atomic E-state index is 13.5. The Kier molecular flexibility index (Phi) is 8.74. The molecule has 3 aromatic rings. The van der Waals surface area contributed by atoms with E-state index in [2.05, 4.69) is 16.0 Å². The smallest absolute Gasteiger partial charge is 0.319 e. The van der Waals surface area contributed by atoms with E-state index in [0.717, 1.165) is 30.7 Å². The van der Waals surface area contributed by atoms with E-state index < -0.39 is 17.7 Å². The van der Waals surface area contributed by atoms with E-state index in [-0.39, 0.29) is 17.6 Å². The van der Waals surface area contributed by atoms with Crippen LogP contribution in [0.25, 0.3) is 0 Å². The number of anilines is 3. The van der Waals surface area contributed by atoms with Crippen molar-refractivity contribution in [2.45, 2.75) is 18.9 Å². The fraction of sp³-hybridized carbons (Fsp3) is 0.231. The van der Waals surface area contributed by atoms with Crippen molar-refractivity contribution in [3.63, 3.8) is 0 Å². The van der Waals surface area contributed by atoms with Gasteiger partial charge in [-0.15, -0.1) is 0 Å². The molecule has 0 saturated carbocycles. The van der Waals surface area contributed by atoms with Gasteiger partial charge in [0, 0.05) is 17.3 Å².